The summed E-state index contributed by atoms with van der Waals surface area (Å²) < 4.78 is 33.9. The van der Waals surface area contributed by atoms with Crippen LogP contribution in [0.25, 0.3) is 0 Å². The van der Waals surface area contributed by atoms with Gasteiger partial charge in [-0.25, -0.2) is 8.42 Å². The van der Waals surface area contributed by atoms with Crippen LogP contribution in [0.3, 0.4) is 0 Å². The van der Waals surface area contributed by atoms with Crippen LogP contribution in [0.4, 0.5) is 11.4 Å². The number of aromatic nitrogens is 1. The molecule has 2 heterocycles. The van der Waals surface area contributed by atoms with Crippen molar-refractivity contribution in [2.24, 2.45) is 0 Å². The summed E-state index contributed by atoms with van der Waals surface area (Å²) in [7, 11) is -3.88. The summed E-state index contributed by atoms with van der Waals surface area (Å²) in [6.45, 7) is 3.63. The molecule has 1 aromatic heterocycles. The first kappa shape index (κ1) is 19.9. The third kappa shape index (κ3) is 3.86. The number of anilines is 2. The zero-order chi connectivity index (χ0) is 21.3. The number of carbonyl (C=O) groups excluding carboxylic acids is 1. The molecular weight excluding hydrogens is 402 g/mol. The maximum absolute atomic E-state index is 13.4. The van der Waals surface area contributed by atoms with Gasteiger partial charge in [0, 0.05) is 6.20 Å². The second kappa shape index (κ2) is 7.79. The van der Waals surface area contributed by atoms with Crippen molar-refractivity contribution in [1.29, 1.82) is 0 Å². The lowest BCUT2D eigenvalue weighted by Crippen LogP contribution is -2.48. The number of carbonyl (C=O) groups is 1. The summed E-state index contributed by atoms with van der Waals surface area (Å²) in [5.41, 5.74) is 2.77. The molecule has 1 aliphatic rings. The number of aryl methyl sites for hydroxylation is 2. The first-order valence-corrected chi connectivity index (χ1v) is 10.9. The van der Waals surface area contributed by atoms with Crippen LogP contribution in [0.1, 0.15) is 11.1 Å². The van der Waals surface area contributed by atoms with Crippen molar-refractivity contribution in [2.45, 2.75) is 24.8 Å². The van der Waals surface area contributed by atoms with Crippen LogP contribution in [0.2, 0.25) is 0 Å². The van der Waals surface area contributed by atoms with E-state index < -0.39 is 22.0 Å². The molecule has 0 saturated carbocycles. The minimum absolute atomic E-state index is 0.141. The molecule has 0 spiro atoms. The van der Waals surface area contributed by atoms with E-state index in [0.29, 0.717) is 17.1 Å². The highest BCUT2D eigenvalue weighted by Gasteiger charge is 2.37. The van der Waals surface area contributed by atoms with E-state index >= 15 is 0 Å². The smallest absolute Gasteiger partial charge is 0.267 e. The highest BCUT2D eigenvalue weighted by molar-refractivity contribution is 7.92. The van der Waals surface area contributed by atoms with Crippen molar-refractivity contribution >= 4 is 27.3 Å². The molecule has 1 unspecified atom stereocenters. The fourth-order valence-corrected chi connectivity index (χ4v) is 4.70. The molecule has 3 aromatic rings. The molecular formula is C22H21N3O4S. The van der Waals surface area contributed by atoms with Crippen LogP contribution in [0.15, 0.2) is 71.9 Å². The Hall–Kier alpha value is -3.39. The van der Waals surface area contributed by atoms with Crippen LogP contribution in [0, 0.1) is 13.8 Å². The number of fused-ring (bicyclic) bond motifs is 1. The number of nitrogens with one attached hydrogen (secondary N) is 1. The van der Waals surface area contributed by atoms with Crippen LogP contribution >= 0.6 is 0 Å². The predicted octanol–water partition coefficient (Wildman–Crippen LogP) is 3.29. The number of nitrogens with zero attached hydrogens (tertiary/aromatic N) is 2. The summed E-state index contributed by atoms with van der Waals surface area (Å²) in [6.07, 6.45) is 2.10. The van der Waals surface area contributed by atoms with Gasteiger partial charge in [0.25, 0.3) is 15.9 Å². The van der Waals surface area contributed by atoms with Gasteiger partial charge in [-0.1, -0.05) is 23.8 Å². The van der Waals surface area contributed by atoms with Gasteiger partial charge in [-0.2, -0.15) is 0 Å². The highest BCUT2D eigenvalue weighted by atomic mass is 32.2. The molecule has 1 atom stereocenters. The Bertz CT molecular complexity index is 1180. The molecule has 1 aliphatic heterocycles. The Morgan fingerprint density at radius 1 is 1.10 bits per heavy atom. The molecule has 0 saturated heterocycles. The molecule has 1 N–H and O–H groups in total. The minimum Gasteiger partial charge on any atom is -0.476 e. The molecule has 0 aliphatic carbocycles. The zero-order valence-corrected chi connectivity index (χ0v) is 17.4. The molecule has 1 amide bonds. The van der Waals surface area contributed by atoms with Crippen LogP contribution in [-0.4, -0.2) is 32.0 Å². The summed E-state index contributed by atoms with van der Waals surface area (Å²) in [5, 5.41) is 2.73. The number of pyridine rings is 1. The van der Waals surface area contributed by atoms with Gasteiger partial charge in [0.2, 0.25) is 0 Å². The quantitative estimate of drug-likeness (QED) is 0.696. The van der Waals surface area contributed by atoms with Crippen LogP contribution in [-0.2, 0) is 14.8 Å². The Kier molecular flexibility index (Phi) is 5.17. The zero-order valence-electron chi connectivity index (χ0n) is 16.6. The van der Waals surface area contributed by atoms with E-state index in [1.54, 1.807) is 54.7 Å². The number of amides is 1. The Morgan fingerprint density at radius 3 is 2.53 bits per heavy atom. The normalized spacial score (nSPS) is 15.8. The average Bonchev–Trinajstić information content (AvgIpc) is 2.73. The van der Waals surface area contributed by atoms with E-state index in [-0.39, 0.29) is 11.4 Å². The molecule has 154 valence electrons. The summed E-state index contributed by atoms with van der Waals surface area (Å²) >= 11 is 0. The van der Waals surface area contributed by atoms with Crippen LogP contribution in [0.5, 0.6) is 5.75 Å². The number of rotatable bonds is 4. The van der Waals surface area contributed by atoms with E-state index in [4.69, 9.17) is 4.74 Å². The standard InChI is InChI=1S/C22H21N3O4S/c1-15-5-8-18(9-6-15)30(27,28)25-14-21(22(26)24-17-4-3-11-23-13-17)29-20-12-16(2)7-10-19(20)25/h3-13,21H,14H2,1-2H3,(H,24,26). The molecule has 4 rings (SSSR count). The number of benzene rings is 2. The van der Waals surface area contributed by atoms with Gasteiger partial charge >= 0.3 is 0 Å². The van der Waals surface area contributed by atoms with E-state index in [2.05, 4.69) is 10.3 Å². The predicted molar refractivity (Wildman–Crippen MR) is 114 cm³/mol. The first-order valence-electron chi connectivity index (χ1n) is 9.42. The lowest BCUT2D eigenvalue weighted by molar-refractivity contribution is -0.122. The second-order valence-electron chi connectivity index (χ2n) is 7.16. The Labute approximate surface area is 175 Å². The molecule has 30 heavy (non-hydrogen) atoms. The van der Waals surface area contributed by atoms with E-state index in [9.17, 15) is 13.2 Å². The summed E-state index contributed by atoms with van der Waals surface area (Å²) in [5.74, 6) is -0.0949. The van der Waals surface area contributed by atoms with Crippen molar-refractivity contribution in [1.82, 2.24) is 4.98 Å². The molecule has 0 radical (unpaired) electrons. The molecule has 8 heteroatoms. The molecule has 0 bridgehead atoms. The third-order valence-electron chi connectivity index (χ3n) is 4.82. The first-order chi connectivity index (χ1) is 14.3. The van der Waals surface area contributed by atoms with Crippen molar-refractivity contribution in [3.63, 3.8) is 0 Å². The van der Waals surface area contributed by atoms with Gasteiger partial charge in [-0.05, 0) is 55.8 Å². The number of ether oxygens (including phenoxy) is 1. The Morgan fingerprint density at radius 2 is 1.83 bits per heavy atom. The highest BCUT2D eigenvalue weighted by Crippen LogP contribution is 2.37. The number of hydrogen-bond donors (Lipinski definition) is 1. The number of sulfonamides is 1. The summed E-state index contributed by atoms with van der Waals surface area (Å²) in [4.78, 5) is 17.0. The van der Waals surface area contributed by atoms with Gasteiger partial charge < -0.3 is 10.1 Å². The van der Waals surface area contributed by atoms with Crippen molar-refractivity contribution in [3.8, 4) is 5.75 Å². The SMILES string of the molecule is Cc1ccc(S(=O)(=O)N2CC(C(=O)Nc3cccnc3)Oc3cc(C)ccc32)cc1. The maximum atomic E-state index is 13.4. The van der Waals surface area contributed by atoms with Gasteiger partial charge in [0.1, 0.15) is 5.75 Å². The van der Waals surface area contributed by atoms with Gasteiger partial charge in [-0.15, -0.1) is 0 Å². The third-order valence-corrected chi connectivity index (χ3v) is 6.61. The molecule has 7 nitrogen and oxygen atoms in total. The topological polar surface area (TPSA) is 88.6 Å². The minimum atomic E-state index is -3.88. The monoisotopic (exact) mass is 423 g/mol. The van der Waals surface area contributed by atoms with E-state index in [1.165, 1.54) is 10.5 Å². The van der Waals surface area contributed by atoms with Gasteiger partial charge in [0.15, 0.2) is 6.10 Å². The van der Waals surface area contributed by atoms with Crippen molar-refractivity contribution in [2.75, 3.05) is 16.2 Å². The fourth-order valence-electron chi connectivity index (χ4n) is 3.22. The van der Waals surface area contributed by atoms with E-state index in [0.717, 1.165) is 11.1 Å². The lowest BCUT2D eigenvalue weighted by atomic mass is 10.1. The summed E-state index contributed by atoms with van der Waals surface area (Å²) in [6, 6.07) is 15.3. The average molecular weight is 423 g/mol. The molecule has 2 aromatic carbocycles. The van der Waals surface area contributed by atoms with Gasteiger partial charge in [0.05, 0.1) is 29.0 Å². The van der Waals surface area contributed by atoms with Gasteiger partial charge in [-0.3, -0.25) is 14.1 Å². The van der Waals surface area contributed by atoms with Crippen molar-refractivity contribution in [3.05, 3.63) is 78.1 Å². The van der Waals surface area contributed by atoms with E-state index in [1.807, 2.05) is 19.9 Å². The Balaban J connectivity index is 1.70. The maximum Gasteiger partial charge on any atom is 0.267 e. The van der Waals surface area contributed by atoms with Crippen LogP contribution < -0.4 is 14.4 Å². The largest absolute Gasteiger partial charge is 0.476 e. The number of hydrogen-bond acceptors (Lipinski definition) is 5. The van der Waals surface area contributed by atoms with Crippen molar-refractivity contribution < 1.29 is 17.9 Å². The lowest BCUT2D eigenvalue weighted by Gasteiger charge is -2.35. The molecule has 0 fully saturated rings. The fraction of sp³-hybridized carbons (Fsp3) is 0.182. The second-order valence-corrected chi connectivity index (χ2v) is 9.02.